The van der Waals surface area contributed by atoms with E-state index in [4.69, 9.17) is 5.73 Å². The number of carbonyl (C=O) groups excluding carboxylic acids is 2. The Hall–Kier alpha value is -3.76. The molecule has 1 fully saturated rings. The molecule has 2 aliphatic heterocycles. The molecule has 10 heteroatoms. The number of anilines is 1. The molecular weight excluding hydrogens is 507 g/mol. The summed E-state index contributed by atoms with van der Waals surface area (Å²) < 4.78 is 40.3. The summed E-state index contributed by atoms with van der Waals surface area (Å²) in [6.07, 6.45) is 3.15. The third-order valence-electron chi connectivity index (χ3n) is 7.24. The Morgan fingerprint density at radius 3 is 2.58 bits per heavy atom. The van der Waals surface area contributed by atoms with E-state index >= 15 is 0 Å². The highest BCUT2D eigenvalue weighted by molar-refractivity contribution is 7.90. The lowest BCUT2D eigenvalue weighted by molar-refractivity contribution is -0.110. The summed E-state index contributed by atoms with van der Waals surface area (Å²) in [5.74, 6) is -1.55. The molecule has 0 saturated carbocycles. The van der Waals surface area contributed by atoms with Crippen molar-refractivity contribution in [1.82, 2.24) is 9.88 Å². The zero-order valence-corrected chi connectivity index (χ0v) is 22.0. The topological polar surface area (TPSA) is 125 Å². The van der Waals surface area contributed by atoms with E-state index < -0.39 is 21.4 Å². The fraction of sp³-hybridized carbons (Fsp3) is 0.286. The van der Waals surface area contributed by atoms with Gasteiger partial charge < -0.3 is 20.9 Å². The quantitative estimate of drug-likeness (QED) is 0.428. The molecule has 1 aromatic heterocycles. The van der Waals surface area contributed by atoms with Crippen molar-refractivity contribution in [2.24, 2.45) is 5.73 Å². The Morgan fingerprint density at radius 1 is 1.16 bits per heavy atom. The van der Waals surface area contributed by atoms with E-state index in [2.05, 4.69) is 10.3 Å². The first kappa shape index (κ1) is 25.9. The van der Waals surface area contributed by atoms with Gasteiger partial charge in [0.15, 0.2) is 9.84 Å². The molecule has 4 N–H and O–H groups in total. The van der Waals surface area contributed by atoms with Gasteiger partial charge >= 0.3 is 0 Å². The average molecular weight is 537 g/mol. The first-order chi connectivity index (χ1) is 18.0. The second-order valence-corrected chi connectivity index (χ2v) is 11.9. The zero-order valence-electron chi connectivity index (χ0n) is 21.2. The summed E-state index contributed by atoms with van der Waals surface area (Å²) in [5, 5.41) is 2.76. The van der Waals surface area contributed by atoms with Crippen molar-refractivity contribution in [2.75, 3.05) is 18.4 Å². The second-order valence-electron chi connectivity index (χ2n) is 9.86. The Balaban J connectivity index is 1.48. The Labute approximate surface area is 220 Å². The van der Waals surface area contributed by atoms with Crippen LogP contribution in [0.1, 0.15) is 51.3 Å². The molecule has 3 aromatic rings. The van der Waals surface area contributed by atoms with Crippen LogP contribution in [-0.2, 0) is 20.4 Å². The van der Waals surface area contributed by atoms with Crippen LogP contribution in [0, 0.1) is 19.7 Å². The van der Waals surface area contributed by atoms with E-state index in [1.165, 1.54) is 36.4 Å². The zero-order chi connectivity index (χ0) is 27.2. The van der Waals surface area contributed by atoms with Gasteiger partial charge in [-0.3, -0.25) is 9.59 Å². The maximum Gasteiger partial charge on any atom is 0.256 e. The smallest absolute Gasteiger partial charge is 0.256 e. The van der Waals surface area contributed by atoms with Gasteiger partial charge in [-0.15, -0.1) is 0 Å². The number of amides is 2. The summed E-state index contributed by atoms with van der Waals surface area (Å²) in [6.45, 7) is 4.83. The fourth-order valence-corrected chi connectivity index (χ4v) is 6.43. The maximum atomic E-state index is 14.1. The van der Waals surface area contributed by atoms with Crippen LogP contribution in [0.5, 0.6) is 0 Å². The summed E-state index contributed by atoms with van der Waals surface area (Å²) in [5.41, 5.74) is 9.79. The molecule has 0 bridgehead atoms. The van der Waals surface area contributed by atoms with Crippen molar-refractivity contribution in [2.45, 2.75) is 43.4 Å². The summed E-state index contributed by atoms with van der Waals surface area (Å²) >= 11 is 0. The van der Waals surface area contributed by atoms with Crippen LogP contribution in [0.3, 0.4) is 0 Å². The van der Waals surface area contributed by atoms with Gasteiger partial charge in [0.2, 0.25) is 0 Å². The van der Waals surface area contributed by atoms with Crippen LogP contribution in [0.15, 0.2) is 47.4 Å². The molecule has 1 saturated heterocycles. The lowest BCUT2D eigenvalue weighted by Gasteiger charge is -2.30. The molecule has 0 unspecified atom stereocenters. The maximum absolute atomic E-state index is 14.1. The van der Waals surface area contributed by atoms with Crippen LogP contribution < -0.4 is 11.1 Å². The van der Waals surface area contributed by atoms with E-state index in [1.54, 1.807) is 17.0 Å². The highest BCUT2D eigenvalue weighted by Crippen LogP contribution is 2.36. The number of carbonyl (C=O) groups is 2. The standard InChI is InChI=1S/C28H29FN4O4S/c1-16-25(31-17(2)26(16)28(35)33-11-9-19(30)10-12-33)14-22-21-13-20(7-8-24(21)32-27(22)34)38(36,37)15-18-5-3-4-6-23(18)29/h3-8,13-14,19,31H,9-12,15,30H2,1-2H3,(H,32,34)/b22-14-. The van der Waals surface area contributed by atoms with Gasteiger partial charge in [-0.1, -0.05) is 18.2 Å². The van der Waals surface area contributed by atoms with Crippen molar-refractivity contribution in [3.63, 3.8) is 0 Å². The molecule has 0 spiro atoms. The minimum Gasteiger partial charge on any atom is -0.358 e. The number of aromatic amines is 1. The van der Waals surface area contributed by atoms with E-state index in [1.807, 2.05) is 13.8 Å². The number of nitrogens with one attached hydrogen (secondary N) is 2. The molecule has 2 aliphatic rings. The average Bonchev–Trinajstić information content (AvgIpc) is 3.34. The number of hydrogen-bond donors (Lipinski definition) is 3. The Kier molecular flexibility index (Phi) is 6.70. The number of fused-ring (bicyclic) bond motifs is 1. The van der Waals surface area contributed by atoms with Crippen LogP contribution in [0.25, 0.3) is 11.6 Å². The monoisotopic (exact) mass is 536 g/mol. The number of aryl methyl sites for hydroxylation is 1. The first-order valence-corrected chi connectivity index (χ1v) is 14.1. The number of benzene rings is 2. The number of nitrogens with zero attached hydrogens (tertiary/aromatic N) is 1. The molecule has 3 heterocycles. The summed E-state index contributed by atoms with van der Waals surface area (Å²) in [7, 11) is -3.88. The molecule has 198 valence electrons. The van der Waals surface area contributed by atoms with Gasteiger partial charge in [0.1, 0.15) is 5.82 Å². The lowest BCUT2D eigenvalue weighted by atomic mass is 10.0. The molecule has 0 atom stereocenters. The number of hydrogen-bond acceptors (Lipinski definition) is 5. The number of sulfone groups is 1. The van der Waals surface area contributed by atoms with E-state index in [0.717, 1.165) is 12.8 Å². The van der Waals surface area contributed by atoms with Crippen LogP contribution >= 0.6 is 0 Å². The number of nitrogens with two attached hydrogens (primary N) is 1. The molecule has 0 radical (unpaired) electrons. The summed E-state index contributed by atoms with van der Waals surface area (Å²) in [4.78, 5) is 31.1. The number of likely N-dealkylation sites (tertiary alicyclic amines) is 1. The molecule has 0 aliphatic carbocycles. The molecule has 2 amide bonds. The van der Waals surface area contributed by atoms with Gasteiger partial charge in [-0.2, -0.15) is 0 Å². The van der Waals surface area contributed by atoms with Gasteiger partial charge in [0.25, 0.3) is 11.8 Å². The Morgan fingerprint density at radius 2 is 1.87 bits per heavy atom. The van der Waals surface area contributed by atoms with Gasteiger partial charge in [0.05, 0.1) is 21.8 Å². The molecule has 38 heavy (non-hydrogen) atoms. The first-order valence-electron chi connectivity index (χ1n) is 12.4. The van der Waals surface area contributed by atoms with Gasteiger partial charge in [-0.05, 0) is 62.6 Å². The molecule has 8 nitrogen and oxygen atoms in total. The predicted molar refractivity (Wildman–Crippen MR) is 144 cm³/mol. The highest BCUT2D eigenvalue weighted by atomic mass is 32.2. The van der Waals surface area contributed by atoms with E-state index in [0.29, 0.717) is 46.9 Å². The summed E-state index contributed by atoms with van der Waals surface area (Å²) in [6, 6.07) is 10.2. The molecule has 5 rings (SSSR count). The number of H-pyrrole nitrogens is 1. The minimum absolute atomic E-state index is 0.0135. The SMILES string of the molecule is Cc1[nH]c(/C=C2\C(=O)Nc3ccc(S(=O)(=O)Cc4ccccc4F)cc32)c(C)c1C(=O)N1CCC(N)CC1. The Bertz CT molecular complexity index is 1580. The molecule has 2 aromatic carbocycles. The normalized spacial score (nSPS) is 17.1. The number of piperidine rings is 1. The van der Waals surface area contributed by atoms with Crippen molar-refractivity contribution in [3.8, 4) is 0 Å². The largest absolute Gasteiger partial charge is 0.358 e. The van der Waals surface area contributed by atoms with E-state index in [9.17, 15) is 22.4 Å². The molecular formula is C28H29FN4O4S. The third-order valence-corrected chi connectivity index (χ3v) is 8.91. The van der Waals surface area contributed by atoms with Crippen molar-refractivity contribution >= 4 is 39.0 Å². The lowest BCUT2D eigenvalue weighted by Crippen LogP contribution is -2.43. The third kappa shape index (κ3) is 4.77. The fourth-order valence-electron chi connectivity index (χ4n) is 5.05. The van der Waals surface area contributed by atoms with Crippen molar-refractivity contribution in [3.05, 3.63) is 81.9 Å². The van der Waals surface area contributed by atoms with E-state index in [-0.39, 0.29) is 33.9 Å². The van der Waals surface area contributed by atoms with Gasteiger partial charge in [-0.25, -0.2) is 12.8 Å². The second kappa shape index (κ2) is 9.85. The van der Waals surface area contributed by atoms with Crippen LogP contribution in [0.2, 0.25) is 0 Å². The number of rotatable bonds is 5. The van der Waals surface area contributed by atoms with Crippen molar-refractivity contribution in [1.29, 1.82) is 0 Å². The van der Waals surface area contributed by atoms with Crippen LogP contribution in [0.4, 0.5) is 10.1 Å². The number of aromatic nitrogens is 1. The number of halogens is 1. The van der Waals surface area contributed by atoms with Crippen LogP contribution in [-0.4, -0.2) is 49.2 Å². The van der Waals surface area contributed by atoms with Gasteiger partial charge in [0, 0.05) is 47.3 Å². The highest BCUT2D eigenvalue weighted by Gasteiger charge is 2.29. The predicted octanol–water partition coefficient (Wildman–Crippen LogP) is 3.80. The van der Waals surface area contributed by atoms with Crippen molar-refractivity contribution < 1.29 is 22.4 Å². The minimum atomic E-state index is -3.88.